The lowest BCUT2D eigenvalue weighted by molar-refractivity contribution is 0.426. The summed E-state index contributed by atoms with van der Waals surface area (Å²) in [5.41, 5.74) is 0. The number of hydrogen-bond donors (Lipinski definition) is 1. The van der Waals surface area contributed by atoms with E-state index in [4.69, 9.17) is 0 Å². The van der Waals surface area contributed by atoms with E-state index in [-0.39, 0.29) is 18.1 Å². The Balaban J connectivity index is 2.79. The van der Waals surface area contributed by atoms with Crippen LogP contribution in [0.5, 0.6) is 0 Å². The minimum Gasteiger partial charge on any atom is -0.318 e. The highest BCUT2D eigenvalue weighted by atomic mass is 32.2. The first-order valence-electron chi connectivity index (χ1n) is 5.63. The van der Waals surface area contributed by atoms with Gasteiger partial charge in [0.1, 0.15) is 0 Å². The monoisotopic (exact) mass is 284 g/mol. The molecule has 0 bridgehead atoms. The molecule has 1 rings (SSSR count). The van der Waals surface area contributed by atoms with Crippen molar-refractivity contribution in [1.82, 2.24) is 9.62 Å². The van der Waals surface area contributed by atoms with E-state index < -0.39 is 25.1 Å². The number of hydrogen-bond acceptors (Lipinski definition) is 5. The van der Waals surface area contributed by atoms with E-state index in [1.54, 1.807) is 14.0 Å². The van der Waals surface area contributed by atoms with Crippen molar-refractivity contribution in [2.45, 2.75) is 18.6 Å². The van der Waals surface area contributed by atoms with Crippen LogP contribution in [0.2, 0.25) is 0 Å². The Morgan fingerprint density at radius 2 is 1.94 bits per heavy atom. The molecule has 0 aliphatic carbocycles. The molecule has 0 aromatic rings. The van der Waals surface area contributed by atoms with E-state index in [1.807, 2.05) is 0 Å². The molecule has 1 aliphatic heterocycles. The summed E-state index contributed by atoms with van der Waals surface area (Å²) in [6, 6.07) is 0. The largest absolute Gasteiger partial charge is 0.318 e. The predicted molar refractivity (Wildman–Crippen MR) is 67.2 cm³/mol. The molecule has 1 saturated heterocycles. The summed E-state index contributed by atoms with van der Waals surface area (Å²) >= 11 is 0. The van der Waals surface area contributed by atoms with Crippen LogP contribution in [0.3, 0.4) is 0 Å². The van der Waals surface area contributed by atoms with Gasteiger partial charge in [-0.05, 0) is 20.4 Å². The lowest BCUT2D eigenvalue weighted by Gasteiger charge is -2.23. The summed E-state index contributed by atoms with van der Waals surface area (Å²) in [6.45, 7) is 2.38. The van der Waals surface area contributed by atoms with Crippen molar-refractivity contribution in [2.24, 2.45) is 0 Å². The van der Waals surface area contributed by atoms with Gasteiger partial charge in [-0.15, -0.1) is 0 Å². The molecule has 1 heterocycles. The van der Waals surface area contributed by atoms with Crippen molar-refractivity contribution >= 4 is 19.9 Å². The molecular weight excluding hydrogens is 264 g/mol. The van der Waals surface area contributed by atoms with Crippen LogP contribution in [-0.4, -0.2) is 64.6 Å². The predicted octanol–water partition coefficient (Wildman–Crippen LogP) is -0.955. The third-order valence-corrected chi connectivity index (χ3v) is 6.86. The Kier molecular flexibility index (Phi) is 4.94. The van der Waals surface area contributed by atoms with E-state index in [1.165, 1.54) is 4.31 Å². The normalized spacial score (nSPS) is 24.1. The van der Waals surface area contributed by atoms with Crippen LogP contribution in [0.25, 0.3) is 0 Å². The van der Waals surface area contributed by atoms with Gasteiger partial charge in [0, 0.05) is 19.6 Å². The molecule has 0 aromatic heterocycles. The second kappa shape index (κ2) is 5.64. The highest BCUT2D eigenvalue weighted by molar-refractivity contribution is 7.91. The molecule has 0 saturated carbocycles. The molecule has 0 aromatic carbocycles. The topological polar surface area (TPSA) is 83.6 Å². The minimum absolute atomic E-state index is 0.0709. The molecule has 1 fully saturated rings. The second-order valence-corrected chi connectivity index (χ2v) is 8.97. The third kappa shape index (κ3) is 3.90. The van der Waals surface area contributed by atoms with Gasteiger partial charge in [0.25, 0.3) is 0 Å². The van der Waals surface area contributed by atoms with Gasteiger partial charge in [-0.3, -0.25) is 0 Å². The number of sulfone groups is 1. The van der Waals surface area contributed by atoms with Crippen LogP contribution in [0.15, 0.2) is 0 Å². The van der Waals surface area contributed by atoms with Gasteiger partial charge >= 0.3 is 0 Å². The Hall–Kier alpha value is -0.180. The van der Waals surface area contributed by atoms with E-state index in [2.05, 4.69) is 5.32 Å². The Labute approximate surface area is 103 Å². The summed E-state index contributed by atoms with van der Waals surface area (Å²) in [6.07, 6.45) is 0.383. The number of nitrogens with one attached hydrogen (secondary N) is 1. The molecule has 1 atom stereocenters. The van der Waals surface area contributed by atoms with E-state index in [9.17, 15) is 16.8 Å². The van der Waals surface area contributed by atoms with Crippen molar-refractivity contribution in [3.63, 3.8) is 0 Å². The maximum atomic E-state index is 12.1. The highest BCUT2D eigenvalue weighted by Gasteiger charge is 2.31. The quantitative estimate of drug-likeness (QED) is 0.719. The van der Waals surface area contributed by atoms with Crippen LogP contribution >= 0.6 is 0 Å². The smallest absolute Gasteiger partial charge is 0.217 e. The molecule has 8 heteroatoms. The van der Waals surface area contributed by atoms with Gasteiger partial charge in [0.05, 0.1) is 16.8 Å². The van der Waals surface area contributed by atoms with Crippen molar-refractivity contribution in [2.75, 3.05) is 38.2 Å². The molecule has 6 nitrogen and oxygen atoms in total. The first kappa shape index (κ1) is 14.9. The SMILES string of the molecule is CNCC(C)S(=O)(=O)N1CCCS(=O)(=O)CC1. The van der Waals surface area contributed by atoms with E-state index in [0.717, 1.165) is 0 Å². The first-order chi connectivity index (χ1) is 7.79. The zero-order valence-corrected chi connectivity index (χ0v) is 11.8. The zero-order valence-electron chi connectivity index (χ0n) is 10.2. The van der Waals surface area contributed by atoms with Crippen LogP contribution in [0.1, 0.15) is 13.3 Å². The number of nitrogens with zero attached hydrogens (tertiary/aromatic N) is 1. The van der Waals surface area contributed by atoms with Crippen molar-refractivity contribution in [3.8, 4) is 0 Å². The summed E-state index contributed by atoms with van der Waals surface area (Å²) in [7, 11) is -4.77. The maximum absolute atomic E-state index is 12.1. The van der Waals surface area contributed by atoms with E-state index >= 15 is 0 Å². The molecule has 1 aliphatic rings. The third-order valence-electron chi connectivity index (χ3n) is 2.87. The zero-order chi connectivity index (χ0) is 13.1. The average Bonchev–Trinajstić information content (AvgIpc) is 2.40. The first-order valence-corrected chi connectivity index (χ1v) is 8.96. The standard InChI is InChI=1S/C9H20N2O4S2/c1-9(8-10-2)17(14,15)11-4-3-6-16(12,13)7-5-11/h9-10H,3-8H2,1-2H3. The lowest BCUT2D eigenvalue weighted by atomic mass is 10.5. The molecule has 0 radical (unpaired) electrons. The Bertz CT molecular complexity index is 444. The molecule has 17 heavy (non-hydrogen) atoms. The molecular formula is C9H20N2O4S2. The van der Waals surface area contributed by atoms with Crippen LogP contribution in [0.4, 0.5) is 0 Å². The number of sulfonamides is 1. The maximum Gasteiger partial charge on any atom is 0.217 e. The van der Waals surface area contributed by atoms with Gasteiger partial charge in [-0.2, -0.15) is 0 Å². The highest BCUT2D eigenvalue weighted by Crippen LogP contribution is 2.13. The average molecular weight is 284 g/mol. The van der Waals surface area contributed by atoms with Crippen molar-refractivity contribution < 1.29 is 16.8 Å². The van der Waals surface area contributed by atoms with Gasteiger partial charge in [0.15, 0.2) is 9.84 Å². The van der Waals surface area contributed by atoms with Crippen LogP contribution < -0.4 is 5.32 Å². The fraction of sp³-hybridized carbons (Fsp3) is 1.00. The molecule has 0 amide bonds. The Morgan fingerprint density at radius 1 is 1.29 bits per heavy atom. The fourth-order valence-electron chi connectivity index (χ4n) is 1.82. The molecule has 0 spiro atoms. The molecule has 102 valence electrons. The Morgan fingerprint density at radius 3 is 2.53 bits per heavy atom. The van der Waals surface area contributed by atoms with Crippen LogP contribution in [0, 0.1) is 0 Å². The molecule has 1 unspecified atom stereocenters. The summed E-state index contributed by atoms with van der Waals surface area (Å²) in [4.78, 5) is 0. The van der Waals surface area contributed by atoms with Gasteiger partial charge < -0.3 is 5.32 Å². The van der Waals surface area contributed by atoms with Gasteiger partial charge in [-0.1, -0.05) is 0 Å². The minimum atomic E-state index is -3.39. The van der Waals surface area contributed by atoms with Gasteiger partial charge in [0.2, 0.25) is 10.0 Å². The second-order valence-electron chi connectivity index (χ2n) is 4.32. The fourth-order valence-corrected chi connectivity index (χ4v) is 4.82. The van der Waals surface area contributed by atoms with Gasteiger partial charge in [-0.25, -0.2) is 21.1 Å². The van der Waals surface area contributed by atoms with Crippen LogP contribution in [-0.2, 0) is 19.9 Å². The molecule has 1 N–H and O–H groups in total. The summed E-state index contributed by atoms with van der Waals surface area (Å²) in [5, 5.41) is 2.29. The summed E-state index contributed by atoms with van der Waals surface area (Å²) < 4.78 is 48.4. The van der Waals surface area contributed by atoms with E-state index in [0.29, 0.717) is 19.5 Å². The van der Waals surface area contributed by atoms with Crippen molar-refractivity contribution in [1.29, 1.82) is 0 Å². The number of rotatable bonds is 4. The summed E-state index contributed by atoms with van der Waals surface area (Å²) in [5.74, 6) is 0.0118. The van der Waals surface area contributed by atoms with Crippen molar-refractivity contribution in [3.05, 3.63) is 0 Å². The lowest BCUT2D eigenvalue weighted by Crippen LogP contribution is -2.42.